The number of esters is 1. The molecule has 32 heavy (non-hydrogen) atoms. The molecule has 0 atom stereocenters. The number of halogens is 1. The third-order valence-electron chi connectivity index (χ3n) is 4.52. The van der Waals surface area contributed by atoms with Crippen LogP contribution in [-0.4, -0.2) is 31.4 Å². The first kappa shape index (κ1) is 25.2. The lowest BCUT2D eigenvalue weighted by atomic mass is 9.85. The minimum absolute atomic E-state index is 0.0454. The van der Waals surface area contributed by atoms with Crippen molar-refractivity contribution in [3.05, 3.63) is 58.1 Å². The average molecular weight is 462 g/mol. The molecule has 0 saturated heterocycles. The molecule has 0 unspecified atom stereocenters. The number of hydrogen-bond donors (Lipinski definition) is 0. The van der Waals surface area contributed by atoms with Gasteiger partial charge in [-0.25, -0.2) is 14.4 Å². The minimum Gasteiger partial charge on any atom is -0.449 e. The molecule has 0 aliphatic rings. The Morgan fingerprint density at radius 3 is 2.06 bits per heavy atom. The van der Waals surface area contributed by atoms with Gasteiger partial charge in [0, 0.05) is 5.02 Å². The zero-order valence-corrected chi connectivity index (χ0v) is 19.9. The van der Waals surface area contributed by atoms with Gasteiger partial charge in [-0.1, -0.05) is 44.5 Å². The van der Waals surface area contributed by atoms with Gasteiger partial charge in [0.1, 0.15) is 5.69 Å². The lowest BCUT2D eigenvalue weighted by Gasteiger charge is -2.26. The lowest BCUT2D eigenvalue weighted by Crippen LogP contribution is -2.38. The maximum absolute atomic E-state index is 12.8. The molecule has 0 fully saturated rings. The topological polar surface area (TPSA) is 82.1 Å². The van der Waals surface area contributed by atoms with E-state index in [-0.39, 0.29) is 35.6 Å². The Labute approximate surface area is 193 Å². The predicted molar refractivity (Wildman–Crippen MR) is 123 cm³/mol. The van der Waals surface area contributed by atoms with Crippen molar-refractivity contribution in [1.82, 2.24) is 0 Å². The molecule has 0 N–H and O–H groups in total. The van der Waals surface area contributed by atoms with Gasteiger partial charge in [-0.05, 0) is 61.6 Å². The molecule has 2 amide bonds. The van der Waals surface area contributed by atoms with Crippen LogP contribution in [0.1, 0.15) is 56.1 Å². The highest BCUT2D eigenvalue weighted by molar-refractivity contribution is 6.30. The second-order valence-electron chi connectivity index (χ2n) is 8.02. The van der Waals surface area contributed by atoms with E-state index in [9.17, 15) is 14.4 Å². The SMILES string of the molecule is CCOC(=O)N(C(=O)OCC)c1cc(C(C)(C)C)cc(C)c1OC(=O)c1cccc(Cl)c1. The summed E-state index contributed by atoms with van der Waals surface area (Å²) >= 11 is 5.99. The number of nitrogens with zero attached hydrogens (tertiary/aromatic N) is 1. The van der Waals surface area contributed by atoms with Gasteiger partial charge < -0.3 is 14.2 Å². The number of benzene rings is 2. The summed E-state index contributed by atoms with van der Waals surface area (Å²) in [6, 6.07) is 9.76. The van der Waals surface area contributed by atoms with E-state index in [4.69, 9.17) is 25.8 Å². The van der Waals surface area contributed by atoms with Gasteiger partial charge in [-0.15, -0.1) is 0 Å². The monoisotopic (exact) mass is 461 g/mol. The molecule has 0 heterocycles. The Morgan fingerprint density at radius 1 is 0.969 bits per heavy atom. The quantitative estimate of drug-likeness (QED) is 0.384. The molecule has 0 aliphatic heterocycles. The highest BCUT2D eigenvalue weighted by Gasteiger charge is 2.32. The van der Waals surface area contributed by atoms with Crippen molar-refractivity contribution in [2.45, 2.75) is 47.0 Å². The second-order valence-corrected chi connectivity index (χ2v) is 8.46. The molecule has 8 heteroatoms. The normalized spacial score (nSPS) is 11.0. The van der Waals surface area contributed by atoms with Crippen LogP contribution in [0.15, 0.2) is 36.4 Å². The number of amides is 2. The lowest BCUT2D eigenvalue weighted by molar-refractivity contribution is 0.0732. The molecule has 7 nitrogen and oxygen atoms in total. The summed E-state index contributed by atoms with van der Waals surface area (Å²) in [4.78, 5) is 39.0. The van der Waals surface area contributed by atoms with Gasteiger partial charge in [0.15, 0.2) is 5.75 Å². The van der Waals surface area contributed by atoms with E-state index in [2.05, 4.69) is 0 Å². The number of anilines is 1. The van der Waals surface area contributed by atoms with Crippen LogP contribution >= 0.6 is 11.6 Å². The zero-order chi connectivity index (χ0) is 24.1. The first-order chi connectivity index (χ1) is 15.0. The summed E-state index contributed by atoms with van der Waals surface area (Å²) in [5.41, 5.74) is 1.35. The standard InChI is InChI=1S/C24H28ClNO6/c1-7-30-22(28)26(23(29)31-8-2)19-14-17(24(4,5)6)12-15(3)20(19)32-21(27)16-10-9-11-18(25)13-16/h9-14H,7-8H2,1-6H3. The molecule has 172 valence electrons. The van der Waals surface area contributed by atoms with Crippen molar-refractivity contribution in [3.8, 4) is 5.75 Å². The summed E-state index contributed by atoms with van der Waals surface area (Å²) in [6.07, 6.45) is -1.87. The van der Waals surface area contributed by atoms with Crippen molar-refractivity contribution >= 4 is 35.4 Å². The number of carbonyl (C=O) groups excluding carboxylic acids is 3. The van der Waals surface area contributed by atoms with Crippen molar-refractivity contribution in [1.29, 1.82) is 0 Å². The van der Waals surface area contributed by atoms with E-state index in [1.165, 1.54) is 6.07 Å². The number of ether oxygens (including phenoxy) is 3. The fraction of sp³-hybridized carbons (Fsp3) is 0.375. The van der Waals surface area contributed by atoms with Crippen LogP contribution in [0.5, 0.6) is 5.75 Å². The summed E-state index contributed by atoms with van der Waals surface area (Å²) in [6.45, 7) is 11.0. The third-order valence-corrected chi connectivity index (χ3v) is 4.75. The molecule has 0 saturated carbocycles. The van der Waals surface area contributed by atoms with Gasteiger partial charge in [0.2, 0.25) is 0 Å². The minimum atomic E-state index is -0.934. The van der Waals surface area contributed by atoms with Gasteiger partial charge in [-0.3, -0.25) is 0 Å². The van der Waals surface area contributed by atoms with Crippen molar-refractivity contribution in [2.24, 2.45) is 0 Å². The molecule has 2 aromatic carbocycles. The van der Waals surface area contributed by atoms with Crippen molar-refractivity contribution < 1.29 is 28.6 Å². The van der Waals surface area contributed by atoms with Gasteiger partial charge in [0.25, 0.3) is 0 Å². The number of hydrogen-bond acceptors (Lipinski definition) is 6. The predicted octanol–water partition coefficient (Wildman–Crippen LogP) is 6.28. The third kappa shape index (κ3) is 6.01. The molecule has 0 aliphatic carbocycles. The Balaban J connectivity index is 2.67. The first-order valence-corrected chi connectivity index (χ1v) is 10.6. The van der Waals surface area contributed by atoms with E-state index >= 15 is 0 Å². The molecule has 2 rings (SSSR count). The summed E-state index contributed by atoms with van der Waals surface area (Å²) in [5.74, 6) is -0.642. The number of imide groups is 1. The van der Waals surface area contributed by atoms with Crippen LogP contribution < -0.4 is 9.64 Å². The molecular formula is C24H28ClNO6. The van der Waals surface area contributed by atoms with E-state index < -0.39 is 18.2 Å². The van der Waals surface area contributed by atoms with E-state index in [1.807, 2.05) is 26.8 Å². The van der Waals surface area contributed by atoms with Gasteiger partial charge in [-0.2, -0.15) is 4.90 Å². The Hall–Kier alpha value is -3.06. The Bertz CT molecular complexity index is 994. The maximum atomic E-state index is 12.8. The van der Waals surface area contributed by atoms with Crippen LogP contribution in [0.3, 0.4) is 0 Å². The highest BCUT2D eigenvalue weighted by atomic mass is 35.5. The highest BCUT2D eigenvalue weighted by Crippen LogP contribution is 2.38. The molecule has 0 radical (unpaired) electrons. The molecular weight excluding hydrogens is 434 g/mol. The number of rotatable bonds is 5. The van der Waals surface area contributed by atoms with Crippen LogP contribution in [0, 0.1) is 6.92 Å². The van der Waals surface area contributed by atoms with Gasteiger partial charge >= 0.3 is 18.2 Å². The second kappa shape index (κ2) is 10.5. The molecule has 0 bridgehead atoms. The largest absolute Gasteiger partial charge is 0.449 e. The van der Waals surface area contributed by atoms with Crippen LogP contribution in [0.2, 0.25) is 5.02 Å². The van der Waals surface area contributed by atoms with Crippen molar-refractivity contribution in [2.75, 3.05) is 18.1 Å². The van der Waals surface area contributed by atoms with Crippen molar-refractivity contribution in [3.63, 3.8) is 0 Å². The average Bonchev–Trinajstić information content (AvgIpc) is 2.70. The number of carbonyl (C=O) groups is 3. The summed E-state index contributed by atoms with van der Waals surface area (Å²) in [5, 5.41) is 0.374. The van der Waals surface area contributed by atoms with Crippen LogP contribution in [0.25, 0.3) is 0 Å². The maximum Gasteiger partial charge on any atom is 0.424 e. The summed E-state index contributed by atoms with van der Waals surface area (Å²) in [7, 11) is 0. The Kier molecular flexibility index (Phi) is 8.27. The van der Waals surface area contributed by atoms with E-state index in [1.54, 1.807) is 45.0 Å². The van der Waals surface area contributed by atoms with Crippen LogP contribution in [0.4, 0.5) is 15.3 Å². The Morgan fingerprint density at radius 2 is 1.56 bits per heavy atom. The molecule has 0 aromatic heterocycles. The first-order valence-electron chi connectivity index (χ1n) is 10.3. The number of aryl methyl sites for hydroxylation is 1. The fourth-order valence-electron chi connectivity index (χ4n) is 2.90. The molecule has 2 aromatic rings. The zero-order valence-electron chi connectivity index (χ0n) is 19.2. The smallest absolute Gasteiger partial charge is 0.424 e. The van der Waals surface area contributed by atoms with E-state index in [0.717, 1.165) is 10.5 Å². The van der Waals surface area contributed by atoms with Gasteiger partial charge in [0.05, 0.1) is 18.8 Å². The fourth-order valence-corrected chi connectivity index (χ4v) is 3.09. The van der Waals surface area contributed by atoms with E-state index in [0.29, 0.717) is 10.6 Å². The summed E-state index contributed by atoms with van der Waals surface area (Å²) < 4.78 is 15.8. The molecule has 0 spiro atoms. The van der Waals surface area contributed by atoms with Crippen LogP contribution in [-0.2, 0) is 14.9 Å².